The van der Waals surface area contributed by atoms with Crippen molar-refractivity contribution in [1.82, 2.24) is 9.29 Å². The Bertz CT molecular complexity index is 1190. The Hall–Kier alpha value is -2.84. The number of piperidine rings is 1. The number of hydrogen-bond donors (Lipinski definition) is 2. The molecule has 8 heteroatoms. The third kappa shape index (κ3) is 4.45. The van der Waals surface area contributed by atoms with Crippen molar-refractivity contribution in [2.45, 2.75) is 30.6 Å². The van der Waals surface area contributed by atoms with E-state index in [1.807, 2.05) is 49.5 Å². The minimum absolute atomic E-state index is 0.194. The summed E-state index contributed by atoms with van der Waals surface area (Å²) in [6.45, 7) is 1.08. The van der Waals surface area contributed by atoms with Crippen LogP contribution in [0.2, 0.25) is 0 Å². The van der Waals surface area contributed by atoms with E-state index in [2.05, 4.69) is 10.3 Å². The summed E-state index contributed by atoms with van der Waals surface area (Å²) in [7, 11) is 0.146. The molecule has 0 radical (unpaired) electrons. The lowest BCUT2D eigenvalue weighted by atomic mass is 10.1. The van der Waals surface area contributed by atoms with Gasteiger partial charge in [-0.05, 0) is 42.7 Å². The Morgan fingerprint density at radius 2 is 1.84 bits per heavy atom. The molecule has 1 fully saturated rings. The number of fused-ring (bicyclic) bond motifs is 1. The number of carbonyl (C=O) groups is 1. The number of sulfonamides is 1. The van der Waals surface area contributed by atoms with E-state index in [-0.39, 0.29) is 17.2 Å². The van der Waals surface area contributed by atoms with Crippen molar-refractivity contribution in [3.63, 3.8) is 0 Å². The molecule has 1 aromatic heterocycles. The number of anilines is 2. The Balaban J connectivity index is 1.60. The van der Waals surface area contributed by atoms with Crippen LogP contribution in [0.1, 0.15) is 24.8 Å². The summed E-state index contributed by atoms with van der Waals surface area (Å²) in [5.74, 6) is -0.194. The number of rotatable bonds is 6. The van der Waals surface area contributed by atoms with Crippen LogP contribution in [0.25, 0.3) is 10.9 Å². The van der Waals surface area contributed by atoms with Crippen molar-refractivity contribution < 1.29 is 13.2 Å². The molecule has 2 N–H and O–H groups in total. The largest absolute Gasteiger partial charge is 0.376 e. The summed E-state index contributed by atoms with van der Waals surface area (Å²) in [6.07, 6.45) is 4.85. The summed E-state index contributed by atoms with van der Waals surface area (Å²) >= 11 is 0. The number of para-hydroxylation sites is 1. The van der Waals surface area contributed by atoms with E-state index < -0.39 is 10.0 Å². The summed E-state index contributed by atoms with van der Waals surface area (Å²) in [6, 6.07) is 12.8. The Kier molecular flexibility index (Phi) is 6.02. The molecule has 164 valence electrons. The number of H-pyrrole nitrogens is 1. The van der Waals surface area contributed by atoms with Gasteiger partial charge in [0.05, 0.1) is 22.7 Å². The third-order valence-electron chi connectivity index (χ3n) is 5.70. The minimum Gasteiger partial charge on any atom is -0.376 e. The van der Waals surface area contributed by atoms with Gasteiger partial charge in [0.1, 0.15) is 0 Å². The van der Waals surface area contributed by atoms with E-state index in [1.54, 1.807) is 22.5 Å². The molecule has 0 spiro atoms. The van der Waals surface area contributed by atoms with Gasteiger partial charge in [-0.3, -0.25) is 4.79 Å². The molecule has 3 aromatic rings. The van der Waals surface area contributed by atoms with Crippen LogP contribution < -0.4 is 10.2 Å². The SMILES string of the molecule is CN(C)c1ccc(S(=O)(=O)N2CCCCC2)cc1NC(=O)Cc1c[nH]c2ccccc12. The molecular formula is C23H28N4O3S. The fraction of sp³-hybridized carbons (Fsp3) is 0.348. The van der Waals surface area contributed by atoms with E-state index in [1.165, 1.54) is 0 Å². The summed E-state index contributed by atoms with van der Waals surface area (Å²) in [4.78, 5) is 18.1. The van der Waals surface area contributed by atoms with Crippen LogP contribution >= 0.6 is 0 Å². The number of nitrogens with one attached hydrogen (secondary N) is 2. The maximum atomic E-state index is 13.1. The fourth-order valence-electron chi connectivity index (χ4n) is 4.07. The number of aromatic amines is 1. The summed E-state index contributed by atoms with van der Waals surface area (Å²) in [5.41, 5.74) is 3.13. The van der Waals surface area contributed by atoms with Crippen LogP contribution in [0.3, 0.4) is 0 Å². The number of hydrogen-bond acceptors (Lipinski definition) is 4. The highest BCUT2D eigenvalue weighted by molar-refractivity contribution is 7.89. The third-order valence-corrected chi connectivity index (χ3v) is 7.60. The molecule has 2 heterocycles. The number of amides is 1. The van der Waals surface area contributed by atoms with Crippen molar-refractivity contribution in [3.8, 4) is 0 Å². The molecule has 7 nitrogen and oxygen atoms in total. The van der Waals surface area contributed by atoms with Crippen LogP contribution in [0, 0.1) is 0 Å². The fourth-order valence-corrected chi connectivity index (χ4v) is 5.61. The standard InChI is InChI=1S/C23H28N4O3S/c1-26(2)22-11-10-18(31(29,30)27-12-6-3-7-13-27)15-21(22)25-23(28)14-17-16-24-20-9-5-4-8-19(17)20/h4-5,8-11,15-16,24H,3,6-7,12-14H2,1-2H3,(H,25,28). The van der Waals surface area contributed by atoms with Gasteiger partial charge in [-0.1, -0.05) is 24.6 Å². The zero-order valence-electron chi connectivity index (χ0n) is 17.9. The average molecular weight is 441 g/mol. The maximum Gasteiger partial charge on any atom is 0.243 e. The molecule has 0 atom stereocenters. The van der Waals surface area contributed by atoms with Gasteiger partial charge in [-0.25, -0.2) is 8.42 Å². The number of nitrogens with zero attached hydrogens (tertiary/aromatic N) is 2. The van der Waals surface area contributed by atoms with Crippen LogP contribution in [0.5, 0.6) is 0 Å². The van der Waals surface area contributed by atoms with Crippen molar-refractivity contribution in [2.75, 3.05) is 37.4 Å². The smallest absolute Gasteiger partial charge is 0.243 e. The van der Waals surface area contributed by atoms with Crippen molar-refractivity contribution >= 4 is 38.2 Å². The molecule has 31 heavy (non-hydrogen) atoms. The Morgan fingerprint density at radius 3 is 2.58 bits per heavy atom. The molecule has 2 aromatic carbocycles. The quantitative estimate of drug-likeness (QED) is 0.613. The Morgan fingerprint density at radius 1 is 1.10 bits per heavy atom. The highest BCUT2D eigenvalue weighted by atomic mass is 32.2. The zero-order valence-corrected chi connectivity index (χ0v) is 18.7. The Labute approximate surface area is 183 Å². The number of benzene rings is 2. The van der Waals surface area contributed by atoms with Gasteiger partial charge in [-0.15, -0.1) is 0 Å². The molecule has 4 rings (SSSR count). The van der Waals surface area contributed by atoms with E-state index >= 15 is 0 Å². The zero-order chi connectivity index (χ0) is 22.0. The lowest BCUT2D eigenvalue weighted by molar-refractivity contribution is -0.115. The van der Waals surface area contributed by atoms with E-state index in [9.17, 15) is 13.2 Å². The van der Waals surface area contributed by atoms with Gasteiger partial charge in [0.25, 0.3) is 0 Å². The monoisotopic (exact) mass is 440 g/mol. The van der Waals surface area contributed by atoms with Gasteiger partial charge in [0, 0.05) is 44.3 Å². The van der Waals surface area contributed by atoms with Crippen LogP contribution in [-0.4, -0.2) is 50.8 Å². The molecule has 0 bridgehead atoms. The van der Waals surface area contributed by atoms with Crippen LogP contribution in [0.15, 0.2) is 53.6 Å². The number of carbonyl (C=O) groups excluding carboxylic acids is 1. The van der Waals surface area contributed by atoms with Gasteiger partial charge < -0.3 is 15.2 Å². The van der Waals surface area contributed by atoms with E-state index in [0.29, 0.717) is 18.8 Å². The highest BCUT2D eigenvalue weighted by Crippen LogP contribution is 2.30. The predicted molar refractivity (Wildman–Crippen MR) is 124 cm³/mol. The molecule has 1 aliphatic heterocycles. The van der Waals surface area contributed by atoms with E-state index in [4.69, 9.17) is 0 Å². The van der Waals surface area contributed by atoms with Crippen LogP contribution in [-0.2, 0) is 21.2 Å². The minimum atomic E-state index is -3.58. The molecular weight excluding hydrogens is 412 g/mol. The molecule has 0 aliphatic carbocycles. The van der Waals surface area contributed by atoms with Crippen molar-refractivity contribution in [1.29, 1.82) is 0 Å². The normalized spacial score (nSPS) is 15.2. The second kappa shape index (κ2) is 8.72. The lowest BCUT2D eigenvalue weighted by Crippen LogP contribution is -2.35. The van der Waals surface area contributed by atoms with Gasteiger partial charge in [0.2, 0.25) is 15.9 Å². The van der Waals surface area contributed by atoms with Gasteiger partial charge >= 0.3 is 0 Å². The first-order valence-corrected chi connectivity index (χ1v) is 12.0. The van der Waals surface area contributed by atoms with E-state index in [0.717, 1.165) is 41.4 Å². The average Bonchev–Trinajstić information content (AvgIpc) is 3.17. The molecule has 0 unspecified atom stereocenters. The molecule has 0 saturated carbocycles. The highest BCUT2D eigenvalue weighted by Gasteiger charge is 2.27. The first-order valence-electron chi connectivity index (χ1n) is 10.5. The number of aromatic nitrogens is 1. The van der Waals surface area contributed by atoms with Gasteiger partial charge in [0.15, 0.2) is 0 Å². The summed E-state index contributed by atoms with van der Waals surface area (Å²) < 4.78 is 27.7. The first-order chi connectivity index (χ1) is 14.9. The second-order valence-corrected chi connectivity index (χ2v) is 10.1. The van der Waals surface area contributed by atoms with Crippen molar-refractivity contribution in [3.05, 3.63) is 54.2 Å². The predicted octanol–water partition coefficient (Wildman–Crippen LogP) is 3.59. The molecule has 1 saturated heterocycles. The van der Waals surface area contributed by atoms with Gasteiger partial charge in [-0.2, -0.15) is 4.31 Å². The molecule has 1 aliphatic rings. The summed E-state index contributed by atoms with van der Waals surface area (Å²) in [5, 5.41) is 3.94. The van der Waals surface area contributed by atoms with Crippen LogP contribution in [0.4, 0.5) is 11.4 Å². The second-order valence-electron chi connectivity index (χ2n) is 8.12. The maximum absolute atomic E-state index is 13.1. The topological polar surface area (TPSA) is 85.5 Å². The first kappa shape index (κ1) is 21.4. The molecule has 1 amide bonds. The van der Waals surface area contributed by atoms with Crippen molar-refractivity contribution in [2.24, 2.45) is 0 Å². The lowest BCUT2D eigenvalue weighted by Gasteiger charge is -2.26.